The van der Waals surface area contributed by atoms with Gasteiger partial charge in [-0.05, 0) is 129 Å². The van der Waals surface area contributed by atoms with Crippen LogP contribution in [0.3, 0.4) is 0 Å². The molecule has 12 rings (SSSR count). The van der Waals surface area contributed by atoms with Gasteiger partial charge in [-0.15, -0.1) is 0 Å². The Bertz CT molecular complexity index is 3660. The van der Waals surface area contributed by atoms with Crippen molar-refractivity contribution in [3.05, 3.63) is 249 Å². The summed E-state index contributed by atoms with van der Waals surface area (Å²) in [5, 5.41) is 12.5. The van der Waals surface area contributed by atoms with Crippen LogP contribution in [0.25, 0.3) is 98.4 Å². The van der Waals surface area contributed by atoms with E-state index in [1.807, 2.05) is 0 Å². The molecule has 0 fully saturated rings. The third-order valence-electron chi connectivity index (χ3n) is 12.8. The summed E-state index contributed by atoms with van der Waals surface area (Å²) in [5.74, 6) is 0. The van der Waals surface area contributed by atoms with Crippen LogP contribution in [-0.4, -0.2) is 0 Å². The van der Waals surface area contributed by atoms with Crippen molar-refractivity contribution in [2.45, 2.75) is 0 Å². The third-order valence-corrected chi connectivity index (χ3v) is 12.8. The van der Waals surface area contributed by atoms with Gasteiger partial charge in [-0.3, -0.25) is 0 Å². The van der Waals surface area contributed by atoms with Crippen LogP contribution in [0.1, 0.15) is 0 Å². The van der Waals surface area contributed by atoms with E-state index in [9.17, 15) is 0 Å². The normalized spacial score (nSPS) is 11.5. The Kier molecular flexibility index (Phi) is 8.90. The maximum Gasteiger partial charge on any atom is 0.0540 e. The van der Waals surface area contributed by atoms with Crippen molar-refractivity contribution >= 4 is 70.9 Å². The summed E-state index contributed by atoms with van der Waals surface area (Å²) in [5.41, 5.74) is 13.0. The molecule has 0 spiro atoms. The first kappa shape index (κ1) is 36.6. The van der Waals surface area contributed by atoms with E-state index < -0.39 is 0 Å². The fraction of sp³-hybridized carbons (Fsp3) is 0. The highest BCUT2D eigenvalue weighted by molar-refractivity contribution is 6.22. The molecule has 294 valence electrons. The molecule has 0 saturated carbocycles. The van der Waals surface area contributed by atoms with Crippen LogP contribution in [0.15, 0.2) is 249 Å². The largest absolute Gasteiger partial charge is 0.310 e. The van der Waals surface area contributed by atoms with Gasteiger partial charge < -0.3 is 4.90 Å². The Morgan fingerprint density at radius 1 is 0.222 bits per heavy atom. The molecule has 0 saturated heterocycles. The highest BCUT2D eigenvalue weighted by Gasteiger charge is 2.21. The predicted molar refractivity (Wildman–Crippen MR) is 270 cm³/mol. The molecule has 1 nitrogen and oxygen atoms in total. The van der Waals surface area contributed by atoms with Gasteiger partial charge in [0.2, 0.25) is 0 Å². The van der Waals surface area contributed by atoms with Crippen LogP contribution in [0.4, 0.5) is 17.1 Å². The maximum atomic E-state index is 2.44. The number of nitrogens with zero attached hydrogens (tertiary/aromatic N) is 1. The van der Waals surface area contributed by atoms with E-state index in [1.54, 1.807) is 0 Å². The lowest BCUT2D eigenvalue weighted by Crippen LogP contribution is -2.11. The van der Waals surface area contributed by atoms with Gasteiger partial charge in [-0.25, -0.2) is 0 Å². The SMILES string of the molecule is c1ccc(-c2c(-c3ccccc3)c3cc(-c4ccccc4N(c4ccc(-c5cccc6ccccc56)cc4)c4ccc5c(ccc6ccccc65)c4)ccc3c3ccccc23)cc1. The number of fused-ring (bicyclic) bond motifs is 7. The molecule has 12 aromatic rings. The lowest BCUT2D eigenvalue weighted by atomic mass is 9.84. The second kappa shape index (κ2) is 15.3. The van der Waals surface area contributed by atoms with Crippen LogP contribution in [0, 0.1) is 0 Å². The van der Waals surface area contributed by atoms with Gasteiger partial charge in [0, 0.05) is 16.9 Å². The zero-order chi connectivity index (χ0) is 41.7. The summed E-state index contributed by atoms with van der Waals surface area (Å²) in [7, 11) is 0. The van der Waals surface area contributed by atoms with Crippen LogP contribution in [0.2, 0.25) is 0 Å². The highest BCUT2D eigenvalue weighted by atomic mass is 15.1. The van der Waals surface area contributed by atoms with Crippen LogP contribution < -0.4 is 4.90 Å². The zero-order valence-electron chi connectivity index (χ0n) is 34.6. The summed E-state index contributed by atoms with van der Waals surface area (Å²) in [4.78, 5) is 2.44. The van der Waals surface area contributed by atoms with E-state index in [0.29, 0.717) is 0 Å². The highest BCUT2D eigenvalue weighted by Crippen LogP contribution is 2.48. The standard InChI is InChI=1S/C62H41N/c1-3-18-45(19-4-1)61-58-27-12-11-26-56(58)57-38-34-48(41-59(57)62(61)46-20-5-2-6-21-46)55-25-13-14-29-60(55)63(50-37-39-54-47(40-50)31-30-43-17-8-10-24-52(43)54)49-35-32-44(33-36-49)53-28-15-22-42-16-7-9-23-51(42)53/h1-41H. The van der Waals surface area contributed by atoms with Crippen molar-refractivity contribution in [3.63, 3.8) is 0 Å². The van der Waals surface area contributed by atoms with Gasteiger partial charge in [0.1, 0.15) is 0 Å². The molecule has 0 N–H and O–H groups in total. The number of para-hydroxylation sites is 1. The van der Waals surface area contributed by atoms with E-state index in [1.165, 1.54) is 87.2 Å². The third kappa shape index (κ3) is 6.33. The molecule has 0 aliphatic carbocycles. The minimum absolute atomic E-state index is 1.09. The van der Waals surface area contributed by atoms with E-state index in [4.69, 9.17) is 0 Å². The van der Waals surface area contributed by atoms with Gasteiger partial charge >= 0.3 is 0 Å². The minimum atomic E-state index is 1.09. The van der Waals surface area contributed by atoms with Gasteiger partial charge in [-0.2, -0.15) is 0 Å². The van der Waals surface area contributed by atoms with Crippen LogP contribution in [0.5, 0.6) is 0 Å². The quantitative estimate of drug-likeness (QED) is 0.145. The van der Waals surface area contributed by atoms with E-state index in [0.717, 1.165) is 28.2 Å². The summed E-state index contributed by atoms with van der Waals surface area (Å²) >= 11 is 0. The van der Waals surface area contributed by atoms with Crippen molar-refractivity contribution < 1.29 is 0 Å². The molecule has 0 aliphatic heterocycles. The topological polar surface area (TPSA) is 3.24 Å². The van der Waals surface area contributed by atoms with E-state index >= 15 is 0 Å². The average molecular weight is 800 g/mol. The van der Waals surface area contributed by atoms with E-state index in [2.05, 4.69) is 254 Å². The van der Waals surface area contributed by atoms with E-state index in [-0.39, 0.29) is 0 Å². The lowest BCUT2D eigenvalue weighted by Gasteiger charge is -2.28. The first-order valence-corrected chi connectivity index (χ1v) is 21.8. The fourth-order valence-corrected chi connectivity index (χ4v) is 9.91. The fourth-order valence-electron chi connectivity index (χ4n) is 9.91. The molecule has 1 heteroatoms. The van der Waals surface area contributed by atoms with Crippen molar-refractivity contribution in [2.24, 2.45) is 0 Å². The van der Waals surface area contributed by atoms with Crippen LogP contribution in [-0.2, 0) is 0 Å². The minimum Gasteiger partial charge on any atom is -0.310 e. The van der Waals surface area contributed by atoms with Gasteiger partial charge in [0.15, 0.2) is 0 Å². The predicted octanol–water partition coefficient (Wildman–Crippen LogP) is 17.6. The molecule has 0 aliphatic rings. The van der Waals surface area contributed by atoms with Crippen molar-refractivity contribution in [1.29, 1.82) is 0 Å². The van der Waals surface area contributed by atoms with Crippen molar-refractivity contribution in [3.8, 4) is 44.5 Å². The molecule has 12 aromatic carbocycles. The number of benzene rings is 12. The molecule has 63 heavy (non-hydrogen) atoms. The molecule has 0 unspecified atom stereocenters. The number of rotatable bonds is 7. The smallest absolute Gasteiger partial charge is 0.0540 e. The second-order valence-electron chi connectivity index (χ2n) is 16.4. The molecule has 0 radical (unpaired) electrons. The summed E-state index contributed by atoms with van der Waals surface area (Å²) in [6.45, 7) is 0. The molecular formula is C62H41N. The maximum absolute atomic E-state index is 2.44. The molecule has 0 bridgehead atoms. The zero-order valence-corrected chi connectivity index (χ0v) is 34.6. The molecular weight excluding hydrogens is 759 g/mol. The molecule has 0 amide bonds. The Labute approximate surface area is 367 Å². The van der Waals surface area contributed by atoms with Gasteiger partial charge in [-0.1, -0.05) is 212 Å². The monoisotopic (exact) mass is 799 g/mol. The summed E-state index contributed by atoms with van der Waals surface area (Å²) < 4.78 is 0. The first-order chi connectivity index (χ1) is 31.3. The second-order valence-corrected chi connectivity index (χ2v) is 16.4. The lowest BCUT2D eigenvalue weighted by molar-refractivity contribution is 1.29. The Morgan fingerprint density at radius 3 is 1.48 bits per heavy atom. The number of hydrogen-bond acceptors (Lipinski definition) is 1. The van der Waals surface area contributed by atoms with Crippen LogP contribution >= 0.6 is 0 Å². The number of anilines is 3. The summed E-state index contributed by atoms with van der Waals surface area (Å²) in [6, 6.07) is 91.1. The van der Waals surface area contributed by atoms with Crippen molar-refractivity contribution in [2.75, 3.05) is 4.90 Å². The Hall–Kier alpha value is -8.26. The van der Waals surface area contributed by atoms with Gasteiger partial charge in [0.05, 0.1) is 5.69 Å². The molecule has 0 atom stereocenters. The first-order valence-electron chi connectivity index (χ1n) is 21.8. The average Bonchev–Trinajstić information content (AvgIpc) is 3.36. The number of hydrogen-bond donors (Lipinski definition) is 0. The van der Waals surface area contributed by atoms with Gasteiger partial charge in [0.25, 0.3) is 0 Å². The summed E-state index contributed by atoms with van der Waals surface area (Å²) in [6.07, 6.45) is 0. The molecule has 0 aromatic heterocycles. The Morgan fingerprint density at radius 2 is 0.714 bits per heavy atom. The van der Waals surface area contributed by atoms with Crippen molar-refractivity contribution in [1.82, 2.24) is 0 Å². The Balaban J connectivity index is 1.09. The molecule has 0 heterocycles.